The maximum Gasteiger partial charge on any atom is 0.147 e. The summed E-state index contributed by atoms with van der Waals surface area (Å²) in [6, 6.07) is 0. The maximum atomic E-state index is 9.80. The molecule has 1 saturated heterocycles. The standard InChI is InChI=1S/C14H26O4/c1-2-3-4-5-13(16)6-7-14-12(8-9-15)10-17-11-18-14/h6-7,12-16H,2-5,8-11H2,1H3. The topological polar surface area (TPSA) is 58.9 Å². The fourth-order valence-corrected chi connectivity index (χ4v) is 2.12. The van der Waals surface area contributed by atoms with Crippen LogP contribution in [0.15, 0.2) is 12.2 Å². The average molecular weight is 258 g/mol. The predicted octanol–water partition coefficient (Wildman–Crippen LogP) is 1.86. The molecule has 3 atom stereocenters. The molecule has 106 valence electrons. The Kier molecular flexibility index (Phi) is 8.25. The SMILES string of the molecule is CCCCCC(O)C=CC1OCOCC1CCO. The van der Waals surface area contributed by atoms with E-state index in [9.17, 15) is 5.11 Å². The lowest BCUT2D eigenvalue weighted by molar-refractivity contribution is -0.156. The number of aliphatic hydroxyl groups excluding tert-OH is 2. The highest BCUT2D eigenvalue weighted by Crippen LogP contribution is 2.19. The van der Waals surface area contributed by atoms with E-state index < -0.39 is 6.10 Å². The van der Waals surface area contributed by atoms with Gasteiger partial charge >= 0.3 is 0 Å². The molecule has 0 saturated carbocycles. The Labute approximate surface area is 110 Å². The van der Waals surface area contributed by atoms with Gasteiger partial charge < -0.3 is 19.7 Å². The summed E-state index contributed by atoms with van der Waals surface area (Å²) in [5, 5.41) is 18.8. The molecule has 0 bridgehead atoms. The van der Waals surface area contributed by atoms with Gasteiger partial charge in [-0.15, -0.1) is 0 Å². The fourth-order valence-electron chi connectivity index (χ4n) is 2.12. The second-order valence-corrected chi connectivity index (χ2v) is 4.84. The lowest BCUT2D eigenvalue weighted by atomic mass is 9.98. The van der Waals surface area contributed by atoms with E-state index in [2.05, 4.69) is 6.92 Å². The number of rotatable bonds is 8. The Balaban J connectivity index is 2.32. The summed E-state index contributed by atoms with van der Waals surface area (Å²) in [7, 11) is 0. The van der Waals surface area contributed by atoms with E-state index in [-0.39, 0.29) is 18.6 Å². The van der Waals surface area contributed by atoms with Crippen LogP contribution >= 0.6 is 0 Å². The molecular formula is C14H26O4. The molecule has 0 aromatic heterocycles. The summed E-state index contributed by atoms with van der Waals surface area (Å²) < 4.78 is 10.7. The van der Waals surface area contributed by atoms with Gasteiger partial charge in [0.15, 0.2) is 0 Å². The number of ether oxygens (including phenoxy) is 2. The highest BCUT2D eigenvalue weighted by Gasteiger charge is 2.24. The van der Waals surface area contributed by atoms with Gasteiger partial charge in [0, 0.05) is 12.5 Å². The summed E-state index contributed by atoms with van der Waals surface area (Å²) in [5.74, 6) is 0.183. The van der Waals surface area contributed by atoms with E-state index in [0.29, 0.717) is 19.8 Å². The summed E-state index contributed by atoms with van der Waals surface area (Å²) in [6.45, 7) is 3.20. The lowest BCUT2D eigenvalue weighted by Crippen LogP contribution is -2.33. The van der Waals surface area contributed by atoms with Gasteiger partial charge in [0.2, 0.25) is 0 Å². The predicted molar refractivity (Wildman–Crippen MR) is 70.2 cm³/mol. The average Bonchev–Trinajstić information content (AvgIpc) is 2.38. The molecule has 2 N–H and O–H groups in total. The van der Waals surface area contributed by atoms with Gasteiger partial charge in [0.05, 0.1) is 18.8 Å². The minimum Gasteiger partial charge on any atom is -0.396 e. The van der Waals surface area contributed by atoms with Crippen molar-refractivity contribution >= 4 is 0 Å². The molecular weight excluding hydrogens is 232 g/mol. The lowest BCUT2D eigenvalue weighted by Gasteiger charge is -2.29. The van der Waals surface area contributed by atoms with Gasteiger partial charge in [-0.1, -0.05) is 38.3 Å². The van der Waals surface area contributed by atoms with E-state index >= 15 is 0 Å². The van der Waals surface area contributed by atoms with Gasteiger partial charge in [-0.05, 0) is 12.8 Å². The van der Waals surface area contributed by atoms with E-state index in [1.54, 1.807) is 0 Å². The van der Waals surface area contributed by atoms with Crippen LogP contribution in [0.5, 0.6) is 0 Å². The quantitative estimate of drug-likeness (QED) is 0.515. The van der Waals surface area contributed by atoms with E-state index in [1.165, 1.54) is 0 Å². The molecule has 4 nitrogen and oxygen atoms in total. The third-order valence-corrected chi connectivity index (χ3v) is 3.27. The van der Waals surface area contributed by atoms with Gasteiger partial charge in [0.1, 0.15) is 6.79 Å². The summed E-state index contributed by atoms with van der Waals surface area (Å²) >= 11 is 0. The zero-order valence-electron chi connectivity index (χ0n) is 11.3. The first-order valence-electron chi connectivity index (χ1n) is 6.94. The maximum absolute atomic E-state index is 9.80. The molecule has 3 unspecified atom stereocenters. The molecule has 1 aliphatic heterocycles. The molecule has 0 aromatic rings. The van der Waals surface area contributed by atoms with E-state index in [4.69, 9.17) is 14.6 Å². The highest BCUT2D eigenvalue weighted by atomic mass is 16.7. The monoisotopic (exact) mass is 258 g/mol. The summed E-state index contributed by atoms with van der Waals surface area (Å²) in [6.07, 6.45) is 8.14. The van der Waals surface area contributed by atoms with E-state index in [1.807, 2.05) is 12.2 Å². The number of hydrogen-bond donors (Lipinski definition) is 2. The third kappa shape index (κ3) is 5.96. The first-order valence-corrected chi connectivity index (χ1v) is 6.94. The van der Waals surface area contributed by atoms with Crippen LogP contribution in [0, 0.1) is 5.92 Å². The van der Waals surface area contributed by atoms with Crippen molar-refractivity contribution in [3.05, 3.63) is 12.2 Å². The molecule has 0 aromatic carbocycles. The van der Waals surface area contributed by atoms with Crippen molar-refractivity contribution in [1.82, 2.24) is 0 Å². The zero-order chi connectivity index (χ0) is 13.2. The largest absolute Gasteiger partial charge is 0.396 e. The molecule has 0 amide bonds. The van der Waals surface area contributed by atoms with Crippen LogP contribution in [0.1, 0.15) is 39.0 Å². The van der Waals surface area contributed by atoms with Crippen molar-refractivity contribution in [2.75, 3.05) is 20.0 Å². The molecule has 0 aliphatic carbocycles. The minimum atomic E-state index is -0.391. The van der Waals surface area contributed by atoms with Crippen molar-refractivity contribution in [2.45, 2.75) is 51.2 Å². The van der Waals surface area contributed by atoms with Gasteiger partial charge in [-0.2, -0.15) is 0 Å². The first kappa shape index (κ1) is 15.6. The molecule has 4 heteroatoms. The Morgan fingerprint density at radius 2 is 2.22 bits per heavy atom. The van der Waals surface area contributed by atoms with Crippen molar-refractivity contribution in [2.24, 2.45) is 5.92 Å². The summed E-state index contributed by atoms with van der Waals surface area (Å²) in [5.41, 5.74) is 0. The van der Waals surface area contributed by atoms with Crippen LogP contribution in [0.3, 0.4) is 0 Å². The van der Waals surface area contributed by atoms with Crippen molar-refractivity contribution in [3.63, 3.8) is 0 Å². The van der Waals surface area contributed by atoms with Crippen LogP contribution in [-0.2, 0) is 9.47 Å². The van der Waals surface area contributed by atoms with Crippen LogP contribution in [0.4, 0.5) is 0 Å². The smallest absolute Gasteiger partial charge is 0.147 e. The second-order valence-electron chi connectivity index (χ2n) is 4.84. The van der Waals surface area contributed by atoms with Crippen LogP contribution in [0.25, 0.3) is 0 Å². The van der Waals surface area contributed by atoms with Crippen LogP contribution in [-0.4, -0.2) is 42.4 Å². The molecule has 1 rings (SSSR count). The molecule has 18 heavy (non-hydrogen) atoms. The first-order chi connectivity index (χ1) is 8.77. The highest BCUT2D eigenvalue weighted by molar-refractivity contribution is 4.97. The Morgan fingerprint density at radius 3 is 2.94 bits per heavy atom. The number of unbranched alkanes of at least 4 members (excludes halogenated alkanes) is 2. The normalized spacial score (nSPS) is 26.6. The van der Waals surface area contributed by atoms with E-state index in [0.717, 1.165) is 25.7 Å². The number of hydrogen-bond acceptors (Lipinski definition) is 4. The van der Waals surface area contributed by atoms with Gasteiger partial charge in [-0.25, -0.2) is 0 Å². The van der Waals surface area contributed by atoms with Crippen molar-refractivity contribution < 1.29 is 19.7 Å². The van der Waals surface area contributed by atoms with Crippen LogP contribution in [0.2, 0.25) is 0 Å². The molecule has 0 radical (unpaired) electrons. The van der Waals surface area contributed by atoms with Gasteiger partial charge in [0.25, 0.3) is 0 Å². The Morgan fingerprint density at radius 1 is 1.39 bits per heavy atom. The Hall–Kier alpha value is -0.420. The van der Waals surface area contributed by atoms with Crippen molar-refractivity contribution in [3.8, 4) is 0 Å². The number of aliphatic hydroxyl groups is 2. The Bertz CT molecular complexity index is 228. The van der Waals surface area contributed by atoms with Crippen LogP contribution < -0.4 is 0 Å². The molecule has 0 spiro atoms. The fraction of sp³-hybridized carbons (Fsp3) is 0.857. The van der Waals surface area contributed by atoms with Gasteiger partial charge in [-0.3, -0.25) is 0 Å². The summed E-state index contributed by atoms with van der Waals surface area (Å²) in [4.78, 5) is 0. The molecule has 1 aliphatic rings. The van der Waals surface area contributed by atoms with Crippen molar-refractivity contribution in [1.29, 1.82) is 0 Å². The second kappa shape index (κ2) is 9.50. The molecule has 1 heterocycles. The third-order valence-electron chi connectivity index (χ3n) is 3.27. The zero-order valence-corrected chi connectivity index (χ0v) is 11.3. The molecule has 1 fully saturated rings. The minimum absolute atomic E-state index is 0.0493.